The van der Waals surface area contributed by atoms with Crippen LogP contribution in [0.5, 0.6) is 0 Å². The van der Waals surface area contributed by atoms with Crippen molar-refractivity contribution in [3.63, 3.8) is 0 Å². The minimum atomic E-state index is -0.969. The Bertz CT molecular complexity index is 1210. The monoisotopic (exact) mass is 484 g/mol. The number of aromatic amines is 2. The van der Waals surface area contributed by atoms with Crippen molar-refractivity contribution >= 4 is 17.5 Å². The molecule has 0 atom stereocenters. The van der Waals surface area contributed by atoms with Crippen LogP contribution < -0.4 is 5.32 Å². The summed E-state index contributed by atoms with van der Waals surface area (Å²) >= 11 is 0. The van der Waals surface area contributed by atoms with Gasteiger partial charge in [-0.05, 0) is 25.0 Å². The fourth-order valence-corrected chi connectivity index (χ4v) is 4.73. The summed E-state index contributed by atoms with van der Waals surface area (Å²) in [5.74, 6) is -2.57. The molecule has 9 nitrogen and oxygen atoms in total. The molecule has 3 heterocycles. The second-order valence-corrected chi connectivity index (χ2v) is 8.80. The zero-order valence-corrected chi connectivity index (χ0v) is 19.1. The van der Waals surface area contributed by atoms with Crippen LogP contribution in [0.25, 0.3) is 11.5 Å². The molecule has 184 valence electrons. The average molecular weight is 485 g/mol. The molecule has 5 rings (SSSR count). The quantitative estimate of drug-likeness (QED) is 0.509. The third-order valence-corrected chi connectivity index (χ3v) is 6.56. The van der Waals surface area contributed by atoms with Gasteiger partial charge in [0.05, 0.1) is 30.8 Å². The number of nitrogens with zero attached hydrogens (tertiary/aromatic N) is 3. The Labute approximate surface area is 200 Å². The number of carbonyl (C=O) groups is 2. The van der Waals surface area contributed by atoms with Crippen LogP contribution in [0.2, 0.25) is 0 Å². The third-order valence-electron chi connectivity index (χ3n) is 6.56. The molecule has 3 aromatic rings. The number of imidazole rings is 1. The van der Waals surface area contributed by atoms with Crippen molar-refractivity contribution in [2.75, 3.05) is 31.6 Å². The van der Waals surface area contributed by atoms with Gasteiger partial charge >= 0.3 is 0 Å². The Morgan fingerprint density at radius 2 is 1.80 bits per heavy atom. The fraction of sp³-hybridized carbons (Fsp3) is 0.417. The average Bonchev–Trinajstić information content (AvgIpc) is 3.52. The molecular formula is C24H26F2N6O3. The number of anilines is 1. The van der Waals surface area contributed by atoms with Crippen LogP contribution >= 0.6 is 0 Å². The van der Waals surface area contributed by atoms with Crippen molar-refractivity contribution in [1.29, 1.82) is 0 Å². The largest absolute Gasteiger partial charge is 0.378 e. The molecule has 3 N–H and O–H groups in total. The molecule has 0 spiro atoms. The van der Waals surface area contributed by atoms with E-state index in [-0.39, 0.29) is 17.5 Å². The zero-order valence-electron chi connectivity index (χ0n) is 19.1. The van der Waals surface area contributed by atoms with E-state index in [0.717, 1.165) is 49.9 Å². The van der Waals surface area contributed by atoms with Gasteiger partial charge in [0.1, 0.15) is 28.6 Å². The van der Waals surface area contributed by atoms with Gasteiger partial charge in [-0.2, -0.15) is 5.10 Å². The number of hydrogen-bond acceptors (Lipinski definition) is 5. The molecule has 1 saturated heterocycles. The highest BCUT2D eigenvalue weighted by Crippen LogP contribution is 2.36. The molecule has 1 aliphatic carbocycles. The number of amides is 2. The second kappa shape index (κ2) is 9.95. The maximum atomic E-state index is 14.1. The van der Waals surface area contributed by atoms with Crippen LogP contribution in [0.15, 0.2) is 24.4 Å². The lowest BCUT2D eigenvalue weighted by molar-refractivity contribution is 0.0298. The summed E-state index contributed by atoms with van der Waals surface area (Å²) in [6.07, 6.45) is 6.54. The Morgan fingerprint density at radius 3 is 2.51 bits per heavy atom. The van der Waals surface area contributed by atoms with Crippen molar-refractivity contribution < 1.29 is 23.1 Å². The van der Waals surface area contributed by atoms with Gasteiger partial charge in [-0.3, -0.25) is 14.7 Å². The van der Waals surface area contributed by atoms with E-state index >= 15 is 0 Å². The van der Waals surface area contributed by atoms with Crippen molar-refractivity contribution in [1.82, 2.24) is 25.1 Å². The first-order chi connectivity index (χ1) is 17.0. The molecule has 1 aromatic carbocycles. The predicted octanol–water partition coefficient (Wildman–Crippen LogP) is 3.85. The molecular weight excluding hydrogens is 458 g/mol. The highest BCUT2D eigenvalue weighted by molar-refractivity contribution is 6.06. The van der Waals surface area contributed by atoms with Gasteiger partial charge in [0.15, 0.2) is 5.82 Å². The summed E-state index contributed by atoms with van der Waals surface area (Å²) in [6.45, 7) is 1.94. The first-order valence-corrected chi connectivity index (χ1v) is 11.8. The fourth-order valence-electron chi connectivity index (χ4n) is 4.73. The summed E-state index contributed by atoms with van der Waals surface area (Å²) in [7, 11) is 0. The van der Waals surface area contributed by atoms with Gasteiger partial charge in [0.25, 0.3) is 11.8 Å². The third kappa shape index (κ3) is 4.68. The summed E-state index contributed by atoms with van der Waals surface area (Å²) in [4.78, 5) is 35.7. The topological polar surface area (TPSA) is 116 Å². The van der Waals surface area contributed by atoms with Crippen molar-refractivity contribution in [3.8, 4) is 11.5 Å². The van der Waals surface area contributed by atoms with E-state index in [1.54, 1.807) is 4.90 Å². The SMILES string of the molecule is O=C(Nc1cn[nH]c1-c1nc(C(=O)N2CCOCC2)c(C2CCCCC2)[nH]1)c1c(F)cccc1F. The summed E-state index contributed by atoms with van der Waals surface area (Å²) in [5, 5.41) is 9.26. The summed E-state index contributed by atoms with van der Waals surface area (Å²) in [5.41, 5.74) is 0.925. The van der Waals surface area contributed by atoms with Crippen molar-refractivity contribution in [2.45, 2.75) is 38.0 Å². The molecule has 1 saturated carbocycles. The molecule has 2 aromatic heterocycles. The number of nitrogens with one attached hydrogen (secondary N) is 3. The second-order valence-electron chi connectivity index (χ2n) is 8.80. The van der Waals surface area contributed by atoms with E-state index < -0.39 is 23.1 Å². The highest BCUT2D eigenvalue weighted by Gasteiger charge is 2.30. The lowest BCUT2D eigenvalue weighted by atomic mass is 9.86. The van der Waals surface area contributed by atoms with E-state index in [2.05, 4.69) is 25.5 Å². The minimum Gasteiger partial charge on any atom is -0.378 e. The molecule has 35 heavy (non-hydrogen) atoms. The molecule has 0 bridgehead atoms. The number of halogens is 2. The lowest BCUT2D eigenvalue weighted by Gasteiger charge is -2.27. The van der Waals surface area contributed by atoms with Gasteiger partial charge in [0.2, 0.25) is 0 Å². The van der Waals surface area contributed by atoms with Gasteiger partial charge < -0.3 is 19.9 Å². The summed E-state index contributed by atoms with van der Waals surface area (Å²) in [6, 6.07) is 3.22. The molecule has 2 fully saturated rings. The first kappa shape index (κ1) is 23.2. The van der Waals surface area contributed by atoms with Crippen LogP contribution in [0.1, 0.15) is 64.6 Å². The van der Waals surface area contributed by atoms with Gasteiger partial charge in [-0.1, -0.05) is 25.3 Å². The van der Waals surface area contributed by atoms with Crippen molar-refractivity contribution in [3.05, 3.63) is 53.0 Å². The van der Waals surface area contributed by atoms with E-state index in [1.165, 1.54) is 12.3 Å². The standard InChI is InChI=1S/C24H26F2N6O3/c25-15-7-4-8-16(26)18(15)23(33)28-17-13-27-31-20(17)22-29-19(14-5-2-1-3-6-14)21(30-22)24(34)32-9-11-35-12-10-32/h4,7-8,13-14H,1-3,5-6,9-12H2,(H,27,31)(H,28,33)(H,29,30). The summed E-state index contributed by atoms with van der Waals surface area (Å²) < 4.78 is 33.5. The van der Waals surface area contributed by atoms with Gasteiger partial charge in [0, 0.05) is 19.0 Å². The van der Waals surface area contributed by atoms with Crippen LogP contribution in [0, 0.1) is 11.6 Å². The number of rotatable bonds is 5. The Morgan fingerprint density at radius 1 is 1.09 bits per heavy atom. The van der Waals surface area contributed by atoms with E-state index in [4.69, 9.17) is 4.74 Å². The maximum Gasteiger partial charge on any atom is 0.274 e. The minimum absolute atomic E-state index is 0.165. The number of ether oxygens (including phenoxy) is 1. The molecule has 0 unspecified atom stereocenters. The van der Waals surface area contributed by atoms with E-state index in [0.29, 0.717) is 43.5 Å². The molecule has 11 heteroatoms. The molecule has 2 aliphatic rings. The smallest absolute Gasteiger partial charge is 0.274 e. The molecule has 0 radical (unpaired) electrons. The molecule has 2 amide bonds. The first-order valence-electron chi connectivity index (χ1n) is 11.8. The van der Waals surface area contributed by atoms with E-state index in [1.807, 2.05) is 0 Å². The van der Waals surface area contributed by atoms with Crippen molar-refractivity contribution in [2.24, 2.45) is 0 Å². The van der Waals surface area contributed by atoms with Crippen LogP contribution in [-0.2, 0) is 4.74 Å². The lowest BCUT2D eigenvalue weighted by Crippen LogP contribution is -2.41. The maximum absolute atomic E-state index is 14.1. The molecule has 1 aliphatic heterocycles. The number of benzene rings is 1. The number of aromatic nitrogens is 4. The van der Waals surface area contributed by atoms with Crippen LogP contribution in [0.4, 0.5) is 14.5 Å². The van der Waals surface area contributed by atoms with E-state index in [9.17, 15) is 18.4 Å². The van der Waals surface area contributed by atoms with Crippen LogP contribution in [0.3, 0.4) is 0 Å². The van der Waals surface area contributed by atoms with Crippen LogP contribution in [-0.4, -0.2) is 63.2 Å². The number of carbonyl (C=O) groups excluding carboxylic acids is 2. The zero-order chi connectivity index (χ0) is 24.4. The number of morpholine rings is 1. The Hall–Kier alpha value is -3.60. The number of H-pyrrole nitrogens is 2. The van der Waals surface area contributed by atoms with Gasteiger partial charge in [-0.15, -0.1) is 0 Å². The Kier molecular flexibility index (Phi) is 6.58. The number of hydrogen-bond donors (Lipinski definition) is 3. The Balaban J connectivity index is 1.47. The normalized spacial score (nSPS) is 16.9. The predicted molar refractivity (Wildman–Crippen MR) is 123 cm³/mol. The van der Waals surface area contributed by atoms with Gasteiger partial charge in [-0.25, -0.2) is 13.8 Å². The highest BCUT2D eigenvalue weighted by atomic mass is 19.1.